The van der Waals surface area contributed by atoms with Crippen LogP contribution in [-0.2, 0) is 18.8 Å². The SMILES string of the molecule is CCc1ccccc1-c1nnc(CBr)n1C. The van der Waals surface area contributed by atoms with Crippen LogP contribution in [0.1, 0.15) is 18.3 Å². The quantitative estimate of drug-likeness (QED) is 0.809. The van der Waals surface area contributed by atoms with Gasteiger partial charge in [0.15, 0.2) is 5.82 Å². The van der Waals surface area contributed by atoms with Gasteiger partial charge >= 0.3 is 0 Å². The summed E-state index contributed by atoms with van der Waals surface area (Å²) in [5.41, 5.74) is 2.48. The van der Waals surface area contributed by atoms with E-state index < -0.39 is 0 Å². The van der Waals surface area contributed by atoms with Crippen LogP contribution in [0, 0.1) is 0 Å². The first kappa shape index (κ1) is 11.3. The molecular weight excluding hydrogens is 266 g/mol. The predicted molar refractivity (Wildman–Crippen MR) is 68.4 cm³/mol. The van der Waals surface area contributed by atoms with Crippen LogP contribution in [0.5, 0.6) is 0 Å². The van der Waals surface area contributed by atoms with Gasteiger partial charge in [0.1, 0.15) is 5.82 Å². The fourth-order valence-corrected chi connectivity index (χ4v) is 2.25. The number of aryl methyl sites for hydroxylation is 1. The monoisotopic (exact) mass is 279 g/mol. The van der Waals surface area contributed by atoms with Crippen molar-refractivity contribution in [3.05, 3.63) is 35.7 Å². The summed E-state index contributed by atoms with van der Waals surface area (Å²) in [5, 5.41) is 9.13. The van der Waals surface area contributed by atoms with Crippen LogP contribution in [0.3, 0.4) is 0 Å². The third-order valence-corrected chi connectivity index (χ3v) is 3.23. The van der Waals surface area contributed by atoms with Crippen molar-refractivity contribution in [3.8, 4) is 11.4 Å². The maximum absolute atomic E-state index is 4.25. The van der Waals surface area contributed by atoms with Crippen molar-refractivity contribution >= 4 is 15.9 Å². The first-order valence-corrected chi connectivity index (χ1v) is 6.42. The standard InChI is InChI=1S/C12H14BrN3/c1-3-9-6-4-5-7-10(9)12-15-14-11(8-13)16(12)2/h4-7H,3,8H2,1-2H3. The molecule has 0 saturated heterocycles. The maximum Gasteiger partial charge on any atom is 0.163 e. The molecule has 1 heterocycles. The minimum Gasteiger partial charge on any atom is -0.313 e. The van der Waals surface area contributed by atoms with Crippen LogP contribution in [0.15, 0.2) is 24.3 Å². The molecule has 4 heteroatoms. The van der Waals surface area contributed by atoms with E-state index in [0.717, 1.165) is 23.4 Å². The van der Waals surface area contributed by atoms with E-state index in [0.29, 0.717) is 0 Å². The van der Waals surface area contributed by atoms with Crippen molar-refractivity contribution in [1.82, 2.24) is 14.8 Å². The van der Waals surface area contributed by atoms with Crippen molar-refractivity contribution in [1.29, 1.82) is 0 Å². The second-order valence-electron chi connectivity index (χ2n) is 3.64. The average Bonchev–Trinajstić information content (AvgIpc) is 2.70. The molecule has 0 fully saturated rings. The number of halogens is 1. The van der Waals surface area contributed by atoms with Crippen LogP contribution in [0.25, 0.3) is 11.4 Å². The number of alkyl halides is 1. The van der Waals surface area contributed by atoms with Gasteiger partial charge in [0.2, 0.25) is 0 Å². The number of hydrogen-bond donors (Lipinski definition) is 0. The van der Waals surface area contributed by atoms with Gasteiger partial charge in [-0.2, -0.15) is 0 Å². The summed E-state index contributed by atoms with van der Waals surface area (Å²) < 4.78 is 2.03. The molecule has 0 N–H and O–H groups in total. The Balaban J connectivity index is 2.54. The summed E-state index contributed by atoms with van der Waals surface area (Å²) in [6, 6.07) is 8.33. The zero-order chi connectivity index (χ0) is 11.5. The van der Waals surface area contributed by atoms with Crippen molar-refractivity contribution in [3.63, 3.8) is 0 Å². The first-order valence-electron chi connectivity index (χ1n) is 5.30. The normalized spacial score (nSPS) is 10.7. The highest BCUT2D eigenvalue weighted by Crippen LogP contribution is 2.22. The van der Waals surface area contributed by atoms with Gasteiger partial charge in [-0.25, -0.2) is 0 Å². The zero-order valence-electron chi connectivity index (χ0n) is 9.44. The molecule has 1 aromatic carbocycles. The molecule has 2 rings (SSSR count). The summed E-state index contributed by atoms with van der Waals surface area (Å²) in [4.78, 5) is 0. The zero-order valence-corrected chi connectivity index (χ0v) is 11.0. The van der Waals surface area contributed by atoms with Gasteiger partial charge in [0, 0.05) is 12.6 Å². The van der Waals surface area contributed by atoms with E-state index in [-0.39, 0.29) is 0 Å². The molecule has 0 aliphatic carbocycles. The summed E-state index contributed by atoms with van der Waals surface area (Å²) >= 11 is 3.41. The molecule has 84 valence electrons. The van der Waals surface area contributed by atoms with E-state index in [1.807, 2.05) is 17.7 Å². The van der Waals surface area contributed by atoms with Gasteiger partial charge < -0.3 is 4.57 Å². The Morgan fingerprint density at radius 1 is 1.25 bits per heavy atom. The molecule has 0 amide bonds. The van der Waals surface area contributed by atoms with Crippen LogP contribution < -0.4 is 0 Å². The highest BCUT2D eigenvalue weighted by atomic mass is 79.9. The molecule has 0 saturated carbocycles. The molecule has 16 heavy (non-hydrogen) atoms. The van der Waals surface area contributed by atoms with Crippen molar-refractivity contribution in [2.24, 2.45) is 7.05 Å². The van der Waals surface area contributed by atoms with Gasteiger partial charge in [-0.1, -0.05) is 47.1 Å². The van der Waals surface area contributed by atoms with E-state index in [1.54, 1.807) is 0 Å². The third-order valence-electron chi connectivity index (χ3n) is 2.72. The molecule has 3 nitrogen and oxygen atoms in total. The molecule has 0 radical (unpaired) electrons. The highest BCUT2D eigenvalue weighted by molar-refractivity contribution is 9.08. The fraction of sp³-hybridized carbons (Fsp3) is 0.333. The van der Waals surface area contributed by atoms with Gasteiger partial charge in [-0.15, -0.1) is 10.2 Å². The van der Waals surface area contributed by atoms with Crippen LogP contribution in [0.2, 0.25) is 0 Å². The molecule has 0 bridgehead atoms. The molecular formula is C12H14BrN3. The van der Waals surface area contributed by atoms with Gasteiger partial charge in [-0.05, 0) is 12.0 Å². The fourth-order valence-electron chi connectivity index (χ4n) is 1.76. The predicted octanol–water partition coefficient (Wildman–Crippen LogP) is 2.94. The number of nitrogens with zero attached hydrogens (tertiary/aromatic N) is 3. The first-order chi connectivity index (χ1) is 7.77. The Morgan fingerprint density at radius 2 is 2.00 bits per heavy atom. The lowest BCUT2D eigenvalue weighted by molar-refractivity contribution is 0.857. The van der Waals surface area contributed by atoms with Gasteiger partial charge in [-0.3, -0.25) is 0 Å². The Morgan fingerprint density at radius 3 is 2.62 bits per heavy atom. The van der Waals surface area contributed by atoms with Gasteiger partial charge in [0.25, 0.3) is 0 Å². The van der Waals surface area contributed by atoms with E-state index in [9.17, 15) is 0 Å². The number of rotatable bonds is 3. The Kier molecular flexibility index (Phi) is 3.39. The number of benzene rings is 1. The van der Waals surface area contributed by atoms with E-state index in [1.165, 1.54) is 11.1 Å². The minimum atomic E-state index is 0.727. The lowest BCUT2D eigenvalue weighted by Gasteiger charge is -2.07. The molecule has 1 aromatic heterocycles. The van der Waals surface area contributed by atoms with E-state index in [4.69, 9.17) is 0 Å². The Bertz CT molecular complexity index is 491. The smallest absolute Gasteiger partial charge is 0.163 e. The molecule has 0 unspecified atom stereocenters. The lowest BCUT2D eigenvalue weighted by Crippen LogP contribution is -1.99. The summed E-state index contributed by atoms with van der Waals surface area (Å²) in [7, 11) is 2.00. The summed E-state index contributed by atoms with van der Waals surface area (Å²) in [6.07, 6.45) is 1.01. The molecule has 0 aliphatic heterocycles. The average molecular weight is 280 g/mol. The summed E-state index contributed by atoms with van der Waals surface area (Å²) in [6.45, 7) is 2.15. The molecule has 2 aromatic rings. The lowest BCUT2D eigenvalue weighted by atomic mass is 10.0. The van der Waals surface area contributed by atoms with Crippen LogP contribution in [-0.4, -0.2) is 14.8 Å². The largest absolute Gasteiger partial charge is 0.313 e. The summed E-state index contributed by atoms with van der Waals surface area (Å²) in [5.74, 6) is 1.88. The second-order valence-corrected chi connectivity index (χ2v) is 4.20. The number of hydrogen-bond acceptors (Lipinski definition) is 2. The van der Waals surface area contributed by atoms with Crippen molar-refractivity contribution in [2.75, 3.05) is 0 Å². The Hall–Kier alpha value is -1.16. The highest BCUT2D eigenvalue weighted by Gasteiger charge is 2.11. The van der Waals surface area contributed by atoms with E-state index >= 15 is 0 Å². The molecule has 0 spiro atoms. The molecule has 0 aliphatic rings. The molecule has 0 atom stereocenters. The Labute approximate surface area is 104 Å². The topological polar surface area (TPSA) is 30.7 Å². The van der Waals surface area contributed by atoms with Crippen molar-refractivity contribution < 1.29 is 0 Å². The third kappa shape index (κ3) is 1.89. The van der Waals surface area contributed by atoms with E-state index in [2.05, 4.69) is 51.3 Å². The second kappa shape index (κ2) is 4.78. The van der Waals surface area contributed by atoms with Crippen LogP contribution >= 0.6 is 15.9 Å². The maximum atomic E-state index is 4.25. The van der Waals surface area contributed by atoms with Gasteiger partial charge in [0.05, 0.1) is 5.33 Å². The number of aromatic nitrogens is 3. The van der Waals surface area contributed by atoms with Crippen LogP contribution in [0.4, 0.5) is 0 Å². The minimum absolute atomic E-state index is 0.727. The van der Waals surface area contributed by atoms with Crippen molar-refractivity contribution in [2.45, 2.75) is 18.7 Å².